The average Bonchev–Trinajstić information content (AvgIpc) is 3.81. The molecule has 306 valence electrons. The van der Waals surface area contributed by atoms with Crippen LogP contribution in [-0.2, 0) is 21.3 Å². The fraction of sp³-hybridized carbons (Fsp3) is 0.327. The van der Waals surface area contributed by atoms with Crippen LogP contribution in [0.2, 0.25) is 13.7 Å². The summed E-state index contributed by atoms with van der Waals surface area (Å²) in [5.74, 6) is 0.314. The second kappa shape index (κ2) is 14.6. The molecule has 0 amide bonds. The molecule has 0 heterocycles. The Kier molecular flexibility index (Phi) is 10.7. The zero-order valence-electron chi connectivity index (χ0n) is 35.9. The van der Waals surface area contributed by atoms with Gasteiger partial charge in [-0.15, -0.1) is 0 Å². The van der Waals surface area contributed by atoms with Crippen LogP contribution in [0.5, 0.6) is 0 Å². The third-order valence-corrected chi connectivity index (χ3v) is 28.2. The number of benzene rings is 4. The first kappa shape index (κ1) is 43.9. The number of hydrogen-bond acceptors (Lipinski definition) is 0. The molecular weight excluding hydrogens is 894 g/mol. The van der Waals surface area contributed by atoms with Gasteiger partial charge in [-0.2, -0.15) is 0 Å². The molecule has 60 heavy (non-hydrogen) atoms. The summed E-state index contributed by atoms with van der Waals surface area (Å²) < 4.78 is 3.61. The summed E-state index contributed by atoms with van der Waals surface area (Å²) in [6, 6.07) is 26.8. The molecule has 6 aliphatic rings. The maximum atomic E-state index is 7.12. The van der Waals surface area contributed by atoms with E-state index in [2.05, 4.69) is 213 Å². The van der Waals surface area contributed by atoms with E-state index in [0.29, 0.717) is 9.54 Å². The van der Waals surface area contributed by atoms with Gasteiger partial charge in [0.1, 0.15) is 0 Å². The molecule has 0 nitrogen and oxygen atoms in total. The third kappa shape index (κ3) is 4.95. The van der Waals surface area contributed by atoms with Gasteiger partial charge in [-0.25, -0.2) is 0 Å². The quantitative estimate of drug-likeness (QED) is 0.191. The van der Waals surface area contributed by atoms with E-state index in [1.54, 1.807) is 6.49 Å². The number of halogens is 4. The van der Waals surface area contributed by atoms with Gasteiger partial charge in [0.15, 0.2) is 0 Å². The van der Waals surface area contributed by atoms with Gasteiger partial charge >= 0.3 is 366 Å². The Labute approximate surface area is 388 Å². The first-order chi connectivity index (χ1) is 27.7. The molecule has 6 aliphatic carbocycles. The fourth-order valence-corrected chi connectivity index (χ4v) is 26.6. The van der Waals surface area contributed by atoms with Gasteiger partial charge in [-0.1, -0.05) is 0 Å². The van der Waals surface area contributed by atoms with Gasteiger partial charge in [0, 0.05) is 0 Å². The summed E-state index contributed by atoms with van der Waals surface area (Å²) in [5, 5.41) is 6.30. The number of fused-ring (bicyclic) bond motifs is 10. The van der Waals surface area contributed by atoms with E-state index in [1.165, 1.54) is 27.5 Å². The Morgan fingerprint density at radius 3 is 1.57 bits per heavy atom. The van der Waals surface area contributed by atoms with Crippen molar-refractivity contribution in [3.8, 4) is 0 Å². The van der Waals surface area contributed by atoms with E-state index >= 15 is 0 Å². The zero-order chi connectivity index (χ0) is 40.7. The summed E-state index contributed by atoms with van der Waals surface area (Å²) in [4.78, 5) is 0. The molecule has 0 aliphatic heterocycles. The molecule has 0 N–H and O–H groups in total. The van der Waals surface area contributed by atoms with Gasteiger partial charge in [-0.05, 0) is 0 Å². The molecule has 0 aromatic heterocycles. The zero-order valence-corrected chi connectivity index (χ0v) is 41.4. The maximum absolute atomic E-state index is 7.12. The average molecular weight is 948 g/mol. The van der Waals surface area contributed by atoms with Gasteiger partial charge in [0.25, 0.3) is 0 Å². The minimum Gasteiger partial charge on any atom is -1.00 e. The Balaban J connectivity index is 0.00000249. The Hall–Kier alpha value is -2.77. The molecule has 9 unspecified atom stereocenters. The number of rotatable bonds is 4. The van der Waals surface area contributed by atoms with Crippen molar-refractivity contribution in [1.29, 1.82) is 0 Å². The summed E-state index contributed by atoms with van der Waals surface area (Å²) in [5.41, 5.74) is 2.94. The largest absolute Gasteiger partial charge is 1.00 e. The van der Waals surface area contributed by atoms with Gasteiger partial charge in [0.05, 0.1) is 0 Å². The maximum Gasteiger partial charge on any atom is -1.00 e. The van der Waals surface area contributed by atoms with Crippen molar-refractivity contribution >= 4 is 48.0 Å². The Morgan fingerprint density at radius 1 is 0.567 bits per heavy atom. The van der Waals surface area contributed by atoms with E-state index in [0.717, 1.165) is 27.2 Å². The smallest absolute Gasteiger partial charge is 1.00 e. The van der Waals surface area contributed by atoms with Crippen LogP contribution in [0.1, 0.15) is 72.9 Å². The van der Waals surface area contributed by atoms with Gasteiger partial charge in [0.2, 0.25) is 0 Å². The molecule has 0 bridgehead atoms. The van der Waals surface area contributed by atoms with Crippen LogP contribution in [0, 0.1) is 43.8 Å². The number of hydrogen-bond donors (Lipinski definition) is 0. The van der Waals surface area contributed by atoms with Crippen LogP contribution in [0.15, 0.2) is 167 Å². The molecule has 5 heteroatoms. The van der Waals surface area contributed by atoms with Crippen molar-refractivity contribution < 1.29 is 46.1 Å². The Bertz CT molecular complexity index is 2690. The molecule has 9 atom stereocenters. The van der Waals surface area contributed by atoms with Gasteiger partial charge < -0.3 is 24.8 Å². The van der Waals surface area contributed by atoms with E-state index in [-0.39, 0.29) is 62.7 Å². The molecule has 4 aromatic carbocycles. The predicted molar refractivity (Wildman–Crippen MR) is 246 cm³/mol. The van der Waals surface area contributed by atoms with Crippen LogP contribution >= 0.6 is 23.2 Å². The summed E-state index contributed by atoms with van der Waals surface area (Å²) in [6.45, 7) is 21.2. The van der Waals surface area contributed by atoms with Crippen molar-refractivity contribution in [2.24, 2.45) is 43.8 Å². The molecule has 2 saturated carbocycles. The number of allylic oxidation sites excluding steroid dienone is 16. The van der Waals surface area contributed by atoms with E-state index in [4.69, 9.17) is 23.2 Å². The van der Waals surface area contributed by atoms with Gasteiger partial charge in [-0.3, -0.25) is 0 Å². The molecule has 10 rings (SSSR count). The fourth-order valence-electron chi connectivity index (χ4n) is 14.8. The normalized spacial score (nSPS) is 36.3. The molecule has 0 spiro atoms. The summed E-state index contributed by atoms with van der Waals surface area (Å²) in [6.07, 6.45) is 35.9. The van der Waals surface area contributed by atoms with Crippen molar-refractivity contribution in [2.75, 3.05) is 0 Å². The van der Waals surface area contributed by atoms with Crippen LogP contribution < -0.4 is 24.8 Å². The first-order valence-electron chi connectivity index (χ1n) is 21.2. The van der Waals surface area contributed by atoms with Crippen molar-refractivity contribution in [2.45, 2.75) is 65.4 Å². The van der Waals surface area contributed by atoms with Crippen molar-refractivity contribution in [1.82, 2.24) is 0 Å². The minimum absolute atomic E-state index is 0. The van der Waals surface area contributed by atoms with E-state index < -0.39 is 21.3 Å². The summed E-state index contributed by atoms with van der Waals surface area (Å²) in [7, 11) is 0. The third-order valence-electron chi connectivity index (χ3n) is 18.5. The van der Waals surface area contributed by atoms with E-state index in [1.807, 2.05) is 0 Å². The predicted octanol–water partition coefficient (Wildman–Crippen LogP) is 9.58. The van der Waals surface area contributed by atoms with Crippen LogP contribution in [0.4, 0.5) is 0 Å². The topological polar surface area (TPSA) is 0 Å². The van der Waals surface area contributed by atoms with Crippen molar-refractivity contribution in [3.05, 3.63) is 188 Å². The standard InChI is InChI=1S/C29H37.C21H12Cl2.C5H5.2ClH.Zr/c1-21-14-13-15-22-20-27(6)25(4)18-10-9-16-23(25,2)24(3)17-11-12-19-26(24,5)29(27,8)28(21,22)7;22-20-11-9-14(16-5-1-3-7-18(16)20)13-15-10-12-21(23)19-8-4-2-6-17(15)19;1-2-4-5-3-1;;;/h9-20,22H,1-8H3;1-12H;1-3H,4H2;2*1H;/q;;;;;+2/p-2. The van der Waals surface area contributed by atoms with Crippen molar-refractivity contribution in [3.63, 3.8) is 0 Å². The molecule has 2 fully saturated rings. The molecular formula is C55H54Cl4Zr. The first-order valence-corrected chi connectivity index (χ1v) is 25.8. The van der Waals surface area contributed by atoms with Crippen LogP contribution in [-0.4, -0.2) is 3.21 Å². The molecule has 0 radical (unpaired) electrons. The van der Waals surface area contributed by atoms with E-state index in [9.17, 15) is 0 Å². The van der Waals surface area contributed by atoms with Crippen LogP contribution in [0.25, 0.3) is 21.5 Å². The molecule has 0 saturated heterocycles. The van der Waals surface area contributed by atoms with Crippen LogP contribution in [0.3, 0.4) is 0 Å². The second-order valence-electron chi connectivity index (χ2n) is 19.4. The summed E-state index contributed by atoms with van der Waals surface area (Å²) >= 11 is 10.9. The molecule has 4 aromatic rings. The second-order valence-corrected chi connectivity index (χ2v) is 26.6. The SMILES string of the molecule is CC1=CC=CC2[CH]([Zr+2]([C]3=CC=CC3)=[C](c3ccc(Cl)c4ccccc34)c3ccc(Cl)c4ccccc34)C3(C)C4(C)C=CC=CC4(C)C4(C)C=CC=CC4(C)C3(C)C12C.[Cl-].[Cl-]. The Morgan fingerprint density at radius 2 is 1.05 bits per heavy atom. The minimum atomic E-state index is -3.29. The monoisotopic (exact) mass is 944 g/mol.